The summed E-state index contributed by atoms with van der Waals surface area (Å²) >= 11 is 8.77. The molecule has 0 unspecified atom stereocenters. The number of nitrogens with zero attached hydrogens (tertiary/aromatic N) is 2. The van der Waals surface area contributed by atoms with E-state index in [0.717, 1.165) is 10.6 Å². The minimum atomic E-state index is -3.67. The van der Waals surface area contributed by atoms with Crippen LogP contribution in [0.15, 0.2) is 39.9 Å². The highest BCUT2D eigenvalue weighted by molar-refractivity contribution is 7.89. The van der Waals surface area contributed by atoms with Crippen LogP contribution in [-0.4, -0.2) is 30.2 Å². The maximum atomic E-state index is 13.1. The number of aryl methyl sites for hydroxylation is 1. The predicted octanol–water partition coefficient (Wildman–Crippen LogP) is 4.17. The number of fused-ring (bicyclic) bond motifs is 1. The van der Waals surface area contributed by atoms with Crippen molar-refractivity contribution in [1.29, 1.82) is 0 Å². The van der Waals surface area contributed by atoms with Crippen LogP contribution >= 0.6 is 34.3 Å². The Kier molecular flexibility index (Phi) is 5.28. The first-order valence-corrected chi connectivity index (χ1v) is 12.0. The van der Waals surface area contributed by atoms with Crippen LogP contribution in [0.3, 0.4) is 0 Å². The lowest BCUT2D eigenvalue weighted by Gasteiger charge is -2.26. The fraction of sp³-hybridized carbons (Fsp3) is 0.222. The maximum Gasteiger partial charge on any atom is 0.258 e. The lowest BCUT2D eigenvalue weighted by Crippen LogP contribution is -2.35. The number of thiophene rings is 1. The van der Waals surface area contributed by atoms with Crippen molar-refractivity contribution < 1.29 is 13.2 Å². The number of benzene rings is 1. The SMILES string of the molecule is Cc1ccc(Cl)cc1S(=O)(=O)N1CCc2nc(NC(=O)c3ccsc3)sc2C1. The molecule has 1 aliphatic rings. The Hall–Kier alpha value is -1.78. The molecule has 0 aliphatic carbocycles. The van der Waals surface area contributed by atoms with Gasteiger partial charge in [0.05, 0.1) is 22.7 Å². The third kappa shape index (κ3) is 3.72. The molecular weight excluding hydrogens is 438 g/mol. The van der Waals surface area contributed by atoms with E-state index in [1.165, 1.54) is 33.0 Å². The molecule has 4 rings (SSSR count). The molecule has 1 amide bonds. The lowest BCUT2D eigenvalue weighted by atomic mass is 10.2. The fourth-order valence-corrected chi connectivity index (χ4v) is 6.62. The Morgan fingerprint density at radius 2 is 2.14 bits per heavy atom. The lowest BCUT2D eigenvalue weighted by molar-refractivity contribution is 0.102. The second-order valence-corrected chi connectivity index (χ2v) is 10.6. The van der Waals surface area contributed by atoms with Crippen LogP contribution in [0.1, 0.15) is 26.5 Å². The van der Waals surface area contributed by atoms with Crippen molar-refractivity contribution in [3.05, 3.63) is 61.7 Å². The minimum absolute atomic E-state index is 0.216. The molecule has 0 spiro atoms. The number of carbonyl (C=O) groups is 1. The summed E-state index contributed by atoms with van der Waals surface area (Å²) in [5.74, 6) is -0.216. The first-order valence-electron chi connectivity index (χ1n) is 8.43. The molecular formula is C18H16ClN3O3S3. The van der Waals surface area contributed by atoms with E-state index >= 15 is 0 Å². The van der Waals surface area contributed by atoms with Gasteiger partial charge in [-0.05, 0) is 36.1 Å². The second-order valence-electron chi connectivity index (χ2n) is 6.35. The number of hydrogen-bond donors (Lipinski definition) is 1. The van der Waals surface area contributed by atoms with Gasteiger partial charge < -0.3 is 0 Å². The summed E-state index contributed by atoms with van der Waals surface area (Å²) in [7, 11) is -3.67. The molecule has 0 bridgehead atoms. The Morgan fingerprint density at radius 3 is 2.89 bits per heavy atom. The average molecular weight is 454 g/mol. The van der Waals surface area contributed by atoms with Crippen molar-refractivity contribution in [3.63, 3.8) is 0 Å². The van der Waals surface area contributed by atoms with Crippen LogP contribution in [-0.2, 0) is 23.0 Å². The Bertz CT molecular complexity index is 1140. The van der Waals surface area contributed by atoms with Crippen molar-refractivity contribution in [2.45, 2.75) is 24.8 Å². The van der Waals surface area contributed by atoms with E-state index in [1.807, 2.05) is 5.38 Å². The van der Waals surface area contributed by atoms with E-state index in [-0.39, 0.29) is 17.3 Å². The molecule has 10 heteroatoms. The van der Waals surface area contributed by atoms with E-state index in [2.05, 4.69) is 10.3 Å². The largest absolute Gasteiger partial charge is 0.298 e. The highest BCUT2D eigenvalue weighted by atomic mass is 35.5. The van der Waals surface area contributed by atoms with Crippen LogP contribution < -0.4 is 5.32 Å². The number of anilines is 1. The van der Waals surface area contributed by atoms with Gasteiger partial charge in [0.2, 0.25) is 10.0 Å². The van der Waals surface area contributed by atoms with E-state index < -0.39 is 10.0 Å². The van der Waals surface area contributed by atoms with Crippen LogP contribution in [0, 0.1) is 6.92 Å². The first-order chi connectivity index (χ1) is 13.3. The molecule has 0 atom stereocenters. The average Bonchev–Trinajstić information content (AvgIpc) is 3.32. The quantitative estimate of drug-likeness (QED) is 0.643. The molecule has 0 fully saturated rings. The maximum absolute atomic E-state index is 13.1. The Morgan fingerprint density at radius 1 is 1.32 bits per heavy atom. The van der Waals surface area contributed by atoms with E-state index in [4.69, 9.17) is 11.6 Å². The number of aromatic nitrogens is 1. The fourth-order valence-electron chi connectivity index (χ4n) is 2.98. The summed E-state index contributed by atoms with van der Waals surface area (Å²) in [4.78, 5) is 17.7. The third-order valence-electron chi connectivity index (χ3n) is 4.47. The van der Waals surface area contributed by atoms with Gasteiger partial charge in [0.1, 0.15) is 0 Å². The molecule has 3 aromatic rings. The predicted molar refractivity (Wildman–Crippen MR) is 112 cm³/mol. The number of amides is 1. The molecule has 0 radical (unpaired) electrons. The number of halogens is 1. The van der Waals surface area contributed by atoms with Crippen molar-refractivity contribution in [1.82, 2.24) is 9.29 Å². The van der Waals surface area contributed by atoms with Crippen LogP contribution in [0.25, 0.3) is 0 Å². The zero-order valence-electron chi connectivity index (χ0n) is 14.8. The van der Waals surface area contributed by atoms with E-state index in [0.29, 0.717) is 34.2 Å². The van der Waals surface area contributed by atoms with E-state index in [9.17, 15) is 13.2 Å². The summed E-state index contributed by atoms with van der Waals surface area (Å²) < 4.78 is 27.6. The zero-order chi connectivity index (χ0) is 19.9. The van der Waals surface area contributed by atoms with Crippen molar-refractivity contribution in [3.8, 4) is 0 Å². The van der Waals surface area contributed by atoms with Crippen molar-refractivity contribution in [2.24, 2.45) is 0 Å². The van der Waals surface area contributed by atoms with Gasteiger partial charge in [-0.3, -0.25) is 10.1 Å². The smallest absolute Gasteiger partial charge is 0.258 e. The molecule has 28 heavy (non-hydrogen) atoms. The number of rotatable bonds is 4. The summed E-state index contributed by atoms with van der Waals surface area (Å²) in [6.45, 7) is 2.32. The molecule has 146 valence electrons. The molecule has 3 heterocycles. The number of carbonyl (C=O) groups excluding carboxylic acids is 1. The van der Waals surface area contributed by atoms with Gasteiger partial charge in [0.25, 0.3) is 5.91 Å². The van der Waals surface area contributed by atoms with Gasteiger partial charge >= 0.3 is 0 Å². The molecule has 1 N–H and O–H groups in total. The van der Waals surface area contributed by atoms with Gasteiger partial charge in [0.15, 0.2) is 5.13 Å². The van der Waals surface area contributed by atoms with Crippen LogP contribution in [0.5, 0.6) is 0 Å². The van der Waals surface area contributed by atoms with Crippen LogP contribution in [0.2, 0.25) is 5.02 Å². The minimum Gasteiger partial charge on any atom is -0.298 e. The number of hydrogen-bond acceptors (Lipinski definition) is 6. The highest BCUT2D eigenvalue weighted by Crippen LogP contribution is 2.32. The monoisotopic (exact) mass is 453 g/mol. The molecule has 2 aromatic heterocycles. The van der Waals surface area contributed by atoms with Gasteiger partial charge in [-0.1, -0.05) is 17.7 Å². The summed E-state index contributed by atoms with van der Waals surface area (Å²) in [5.41, 5.74) is 2.07. The molecule has 1 aromatic carbocycles. The van der Waals surface area contributed by atoms with Crippen molar-refractivity contribution in [2.75, 3.05) is 11.9 Å². The van der Waals surface area contributed by atoms with Gasteiger partial charge in [-0.15, -0.1) is 11.3 Å². The number of nitrogens with one attached hydrogen (secondary N) is 1. The van der Waals surface area contributed by atoms with E-state index in [1.54, 1.807) is 30.5 Å². The molecule has 1 aliphatic heterocycles. The zero-order valence-corrected chi connectivity index (χ0v) is 18.0. The van der Waals surface area contributed by atoms with Crippen molar-refractivity contribution >= 4 is 55.3 Å². The first kappa shape index (κ1) is 19.5. The number of thiazole rings is 1. The standard InChI is InChI=1S/C18H16ClN3O3S3/c1-11-2-3-13(19)8-16(11)28(24,25)22-6-4-14-15(9-22)27-18(20-14)21-17(23)12-5-7-26-10-12/h2-3,5,7-8,10H,4,6,9H2,1H3,(H,20,21,23). The summed E-state index contributed by atoms with van der Waals surface area (Å²) in [6, 6.07) is 6.61. The van der Waals surface area contributed by atoms with Gasteiger partial charge in [-0.2, -0.15) is 15.6 Å². The van der Waals surface area contributed by atoms with Gasteiger partial charge in [0, 0.05) is 28.2 Å². The Balaban J connectivity index is 1.56. The summed E-state index contributed by atoms with van der Waals surface area (Å²) in [6.07, 6.45) is 0.499. The molecule has 6 nitrogen and oxygen atoms in total. The van der Waals surface area contributed by atoms with Crippen LogP contribution in [0.4, 0.5) is 5.13 Å². The Labute approximate surface area is 175 Å². The second kappa shape index (κ2) is 7.57. The summed E-state index contributed by atoms with van der Waals surface area (Å²) in [5, 5.41) is 7.27. The highest BCUT2D eigenvalue weighted by Gasteiger charge is 2.31. The molecule has 0 saturated carbocycles. The molecule has 0 saturated heterocycles. The number of sulfonamides is 1. The van der Waals surface area contributed by atoms with Gasteiger partial charge in [-0.25, -0.2) is 13.4 Å². The topological polar surface area (TPSA) is 79.4 Å². The third-order valence-corrected chi connectivity index (χ3v) is 8.37. The normalized spacial score (nSPS) is 14.6.